The molecule has 0 atom stereocenters. The van der Waals surface area contributed by atoms with E-state index in [1.807, 2.05) is 54.6 Å². The summed E-state index contributed by atoms with van der Waals surface area (Å²) in [4.78, 5) is 0. The van der Waals surface area contributed by atoms with E-state index < -0.39 is 0 Å². The third-order valence-electron chi connectivity index (χ3n) is 2.42. The van der Waals surface area contributed by atoms with Crippen LogP contribution in [0, 0.1) is 11.8 Å². The Morgan fingerprint density at radius 1 is 0.944 bits per heavy atom. The van der Waals surface area contributed by atoms with Crippen molar-refractivity contribution in [1.82, 2.24) is 0 Å². The van der Waals surface area contributed by atoms with E-state index in [1.54, 1.807) is 0 Å². The highest BCUT2D eigenvalue weighted by atomic mass is 16.5. The van der Waals surface area contributed by atoms with Gasteiger partial charge in [-0.25, -0.2) is 0 Å². The molecule has 0 aliphatic carbocycles. The van der Waals surface area contributed by atoms with Crippen molar-refractivity contribution >= 4 is 0 Å². The van der Waals surface area contributed by atoms with Crippen molar-refractivity contribution in [1.29, 1.82) is 0 Å². The minimum absolute atomic E-state index is 0.0497. The minimum atomic E-state index is 0.0497. The first-order chi connectivity index (χ1) is 8.88. The largest absolute Gasteiger partial charge is 0.481 e. The third kappa shape index (κ3) is 3.65. The molecule has 18 heavy (non-hydrogen) atoms. The Kier molecular flexibility index (Phi) is 4.40. The third-order valence-corrected chi connectivity index (χ3v) is 2.42. The van der Waals surface area contributed by atoms with Crippen LogP contribution in [0.2, 0.25) is 0 Å². The first-order valence-corrected chi connectivity index (χ1v) is 5.75. The fraction of sp³-hybridized carbons (Fsp3) is 0.125. The van der Waals surface area contributed by atoms with Gasteiger partial charge in [0.15, 0.2) is 0 Å². The Balaban J connectivity index is 1.87. The molecule has 2 rings (SSSR count). The molecule has 90 valence electrons. The minimum Gasteiger partial charge on any atom is -0.481 e. The standard InChI is InChI=1S/C16H14O2/c17-13-15-8-10-16(11-9-15)18-12-4-7-14-5-2-1-3-6-14/h1-3,5-6,8-11,17H,12-13H2. The molecule has 0 aliphatic rings. The maximum Gasteiger partial charge on any atom is 0.149 e. The van der Waals surface area contributed by atoms with E-state index in [0.29, 0.717) is 6.61 Å². The molecule has 1 N–H and O–H groups in total. The Labute approximate surface area is 107 Å². The summed E-state index contributed by atoms with van der Waals surface area (Å²) in [6.45, 7) is 0.404. The summed E-state index contributed by atoms with van der Waals surface area (Å²) < 4.78 is 5.47. The molecule has 0 saturated heterocycles. The number of hydrogen-bond acceptors (Lipinski definition) is 2. The predicted octanol–water partition coefficient (Wildman–Crippen LogP) is 2.61. The molecular formula is C16H14O2. The number of aliphatic hydroxyl groups excluding tert-OH is 1. The Bertz CT molecular complexity index is 533. The van der Waals surface area contributed by atoms with Gasteiger partial charge in [0.05, 0.1) is 6.61 Å². The van der Waals surface area contributed by atoms with Crippen molar-refractivity contribution in [3.8, 4) is 17.6 Å². The summed E-state index contributed by atoms with van der Waals surface area (Å²) in [6.07, 6.45) is 0. The number of aliphatic hydroxyl groups is 1. The van der Waals surface area contributed by atoms with Crippen LogP contribution in [0.25, 0.3) is 0 Å². The van der Waals surface area contributed by atoms with Crippen LogP contribution in [0.3, 0.4) is 0 Å². The van der Waals surface area contributed by atoms with Crippen LogP contribution in [0.1, 0.15) is 11.1 Å². The molecule has 0 aromatic heterocycles. The summed E-state index contributed by atoms with van der Waals surface area (Å²) >= 11 is 0. The van der Waals surface area contributed by atoms with Gasteiger partial charge in [-0.2, -0.15) is 0 Å². The van der Waals surface area contributed by atoms with Crippen LogP contribution in [0.15, 0.2) is 54.6 Å². The lowest BCUT2D eigenvalue weighted by Gasteiger charge is -2.02. The van der Waals surface area contributed by atoms with Crippen LogP contribution in [0.5, 0.6) is 5.75 Å². The molecular weight excluding hydrogens is 224 g/mol. The van der Waals surface area contributed by atoms with Gasteiger partial charge in [0, 0.05) is 5.56 Å². The number of rotatable bonds is 3. The van der Waals surface area contributed by atoms with Crippen molar-refractivity contribution in [2.45, 2.75) is 6.61 Å². The molecule has 2 nitrogen and oxygen atoms in total. The quantitative estimate of drug-likeness (QED) is 0.833. The summed E-state index contributed by atoms with van der Waals surface area (Å²) in [5.74, 6) is 6.74. The molecule has 0 unspecified atom stereocenters. The Hall–Kier alpha value is -2.24. The van der Waals surface area contributed by atoms with Gasteiger partial charge in [-0.1, -0.05) is 42.2 Å². The highest BCUT2D eigenvalue weighted by molar-refractivity contribution is 5.34. The fourth-order valence-corrected chi connectivity index (χ4v) is 1.47. The Morgan fingerprint density at radius 2 is 1.67 bits per heavy atom. The monoisotopic (exact) mass is 238 g/mol. The summed E-state index contributed by atoms with van der Waals surface area (Å²) in [7, 11) is 0. The number of ether oxygens (including phenoxy) is 1. The molecule has 0 radical (unpaired) electrons. The Morgan fingerprint density at radius 3 is 2.33 bits per heavy atom. The van der Waals surface area contributed by atoms with Gasteiger partial charge < -0.3 is 9.84 Å². The van der Waals surface area contributed by atoms with Crippen molar-refractivity contribution in [2.75, 3.05) is 6.61 Å². The average Bonchev–Trinajstić information content (AvgIpc) is 2.45. The van der Waals surface area contributed by atoms with E-state index in [1.165, 1.54) is 0 Å². The van der Waals surface area contributed by atoms with E-state index in [2.05, 4.69) is 11.8 Å². The van der Waals surface area contributed by atoms with E-state index in [0.717, 1.165) is 16.9 Å². The molecule has 2 heteroatoms. The zero-order valence-corrected chi connectivity index (χ0v) is 9.97. The zero-order valence-electron chi connectivity index (χ0n) is 9.97. The molecule has 0 heterocycles. The van der Waals surface area contributed by atoms with Crippen molar-refractivity contribution in [2.24, 2.45) is 0 Å². The van der Waals surface area contributed by atoms with Gasteiger partial charge in [0.2, 0.25) is 0 Å². The second-order valence-electron chi connectivity index (χ2n) is 3.76. The van der Waals surface area contributed by atoms with Gasteiger partial charge >= 0.3 is 0 Å². The van der Waals surface area contributed by atoms with Crippen molar-refractivity contribution in [3.05, 3.63) is 65.7 Å². The molecule has 2 aromatic rings. The first-order valence-electron chi connectivity index (χ1n) is 5.75. The molecule has 0 fully saturated rings. The number of hydrogen-bond donors (Lipinski definition) is 1. The molecule has 0 spiro atoms. The fourth-order valence-electron chi connectivity index (χ4n) is 1.47. The lowest BCUT2D eigenvalue weighted by molar-refractivity contribution is 0.281. The second kappa shape index (κ2) is 6.48. The average molecular weight is 238 g/mol. The predicted molar refractivity (Wildman–Crippen MR) is 71.2 cm³/mol. The maximum absolute atomic E-state index is 8.91. The van der Waals surface area contributed by atoms with Crippen molar-refractivity contribution < 1.29 is 9.84 Å². The topological polar surface area (TPSA) is 29.5 Å². The smallest absolute Gasteiger partial charge is 0.149 e. The van der Waals surface area contributed by atoms with Gasteiger partial charge in [-0.15, -0.1) is 0 Å². The summed E-state index contributed by atoms with van der Waals surface area (Å²) in [5, 5.41) is 8.91. The van der Waals surface area contributed by atoms with Crippen LogP contribution in [-0.4, -0.2) is 11.7 Å². The highest BCUT2D eigenvalue weighted by Gasteiger charge is 1.92. The zero-order chi connectivity index (χ0) is 12.6. The van der Waals surface area contributed by atoms with Gasteiger partial charge in [0.25, 0.3) is 0 Å². The highest BCUT2D eigenvalue weighted by Crippen LogP contribution is 2.11. The maximum atomic E-state index is 8.91. The second-order valence-corrected chi connectivity index (χ2v) is 3.76. The SMILES string of the molecule is OCc1ccc(OCC#Cc2ccccc2)cc1. The molecule has 2 aromatic carbocycles. The van der Waals surface area contributed by atoms with Gasteiger partial charge in [-0.3, -0.25) is 0 Å². The van der Waals surface area contributed by atoms with Crippen LogP contribution in [-0.2, 0) is 6.61 Å². The summed E-state index contributed by atoms with van der Waals surface area (Å²) in [6, 6.07) is 17.1. The van der Waals surface area contributed by atoms with E-state index in [-0.39, 0.29) is 6.61 Å². The van der Waals surface area contributed by atoms with E-state index in [4.69, 9.17) is 9.84 Å². The van der Waals surface area contributed by atoms with E-state index >= 15 is 0 Å². The molecule has 0 aliphatic heterocycles. The number of benzene rings is 2. The van der Waals surface area contributed by atoms with Crippen LogP contribution >= 0.6 is 0 Å². The molecule has 0 bridgehead atoms. The lowest BCUT2D eigenvalue weighted by atomic mass is 10.2. The van der Waals surface area contributed by atoms with Gasteiger partial charge in [0.1, 0.15) is 12.4 Å². The van der Waals surface area contributed by atoms with E-state index in [9.17, 15) is 0 Å². The lowest BCUT2D eigenvalue weighted by Crippen LogP contribution is -1.94. The first kappa shape index (κ1) is 12.2. The van der Waals surface area contributed by atoms with Crippen LogP contribution in [0.4, 0.5) is 0 Å². The summed E-state index contributed by atoms with van der Waals surface area (Å²) in [5.41, 5.74) is 1.86. The van der Waals surface area contributed by atoms with Crippen LogP contribution < -0.4 is 4.74 Å². The molecule has 0 saturated carbocycles. The normalized spacial score (nSPS) is 9.39. The van der Waals surface area contributed by atoms with Gasteiger partial charge in [-0.05, 0) is 29.8 Å². The van der Waals surface area contributed by atoms with Crippen molar-refractivity contribution in [3.63, 3.8) is 0 Å². The molecule has 0 amide bonds.